The van der Waals surface area contributed by atoms with E-state index in [9.17, 15) is 5.11 Å². The van der Waals surface area contributed by atoms with Crippen LogP contribution >= 0.6 is 15.9 Å². The number of hydrogen-bond acceptors (Lipinski definition) is 3. The van der Waals surface area contributed by atoms with Crippen LogP contribution in [0.5, 0.6) is 0 Å². The van der Waals surface area contributed by atoms with Gasteiger partial charge in [0.05, 0.1) is 6.10 Å². The second-order valence-corrected chi connectivity index (χ2v) is 5.42. The fourth-order valence-corrected chi connectivity index (χ4v) is 1.96. The topological polar surface area (TPSA) is 50.9 Å². The van der Waals surface area contributed by atoms with Crippen molar-refractivity contribution in [3.8, 4) is 0 Å². The fraction of sp³-hybridized carbons (Fsp3) is 0.778. The standard InChI is InChI=1S/C9H16BrN3O/c1-9(2,3)5-6(14)7-8(10)11-12-13(7)4/h6,14H,5H2,1-4H3. The van der Waals surface area contributed by atoms with Crippen LogP contribution in [0, 0.1) is 5.41 Å². The summed E-state index contributed by atoms with van der Waals surface area (Å²) in [7, 11) is 1.78. The van der Waals surface area contributed by atoms with Crippen LogP contribution in [-0.2, 0) is 7.05 Å². The van der Waals surface area contributed by atoms with Crippen LogP contribution in [0.4, 0.5) is 0 Å². The molecule has 0 radical (unpaired) electrons. The third-order valence-corrected chi connectivity index (χ3v) is 2.51. The van der Waals surface area contributed by atoms with E-state index in [0.717, 1.165) is 5.69 Å². The van der Waals surface area contributed by atoms with Gasteiger partial charge >= 0.3 is 0 Å². The molecular formula is C9H16BrN3O. The van der Waals surface area contributed by atoms with Crippen LogP contribution in [0.2, 0.25) is 0 Å². The van der Waals surface area contributed by atoms with Crippen molar-refractivity contribution in [3.05, 3.63) is 10.3 Å². The molecule has 0 bridgehead atoms. The van der Waals surface area contributed by atoms with Crippen LogP contribution in [0.3, 0.4) is 0 Å². The first-order chi connectivity index (χ1) is 6.31. The van der Waals surface area contributed by atoms with Gasteiger partial charge in [-0.3, -0.25) is 0 Å². The van der Waals surface area contributed by atoms with Crippen LogP contribution in [0.15, 0.2) is 4.60 Å². The van der Waals surface area contributed by atoms with E-state index >= 15 is 0 Å². The summed E-state index contributed by atoms with van der Waals surface area (Å²) in [6.45, 7) is 6.27. The minimum atomic E-state index is -0.524. The Kier molecular flexibility index (Phi) is 3.32. The molecule has 1 N–H and O–H groups in total. The van der Waals surface area contributed by atoms with Crippen molar-refractivity contribution in [2.75, 3.05) is 0 Å². The van der Waals surface area contributed by atoms with Gasteiger partial charge in [-0.1, -0.05) is 26.0 Å². The molecule has 0 fully saturated rings. The molecule has 0 aromatic carbocycles. The highest BCUT2D eigenvalue weighted by molar-refractivity contribution is 9.10. The molecule has 1 heterocycles. The molecule has 0 saturated carbocycles. The number of halogens is 1. The Morgan fingerprint density at radius 3 is 2.43 bits per heavy atom. The Bertz CT molecular complexity index is 297. The number of nitrogens with zero attached hydrogens (tertiary/aromatic N) is 3. The highest BCUT2D eigenvalue weighted by Gasteiger charge is 2.23. The second-order valence-electron chi connectivity index (χ2n) is 4.67. The Morgan fingerprint density at radius 1 is 1.50 bits per heavy atom. The maximum atomic E-state index is 9.98. The maximum Gasteiger partial charge on any atom is 0.154 e. The van der Waals surface area contributed by atoms with Crippen molar-refractivity contribution >= 4 is 15.9 Å². The largest absolute Gasteiger partial charge is 0.387 e. The summed E-state index contributed by atoms with van der Waals surface area (Å²) in [5.41, 5.74) is 0.822. The molecule has 1 unspecified atom stereocenters. The number of aliphatic hydroxyl groups excluding tert-OH is 1. The molecule has 1 aromatic rings. The molecule has 5 heteroatoms. The molecule has 1 aromatic heterocycles. The Hall–Kier alpha value is -0.420. The lowest BCUT2D eigenvalue weighted by Crippen LogP contribution is -2.14. The van der Waals surface area contributed by atoms with Gasteiger partial charge in [0, 0.05) is 7.05 Å². The highest BCUT2D eigenvalue weighted by Crippen LogP contribution is 2.31. The van der Waals surface area contributed by atoms with E-state index in [1.54, 1.807) is 11.7 Å². The zero-order valence-corrected chi connectivity index (χ0v) is 10.5. The lowest BCUT2D eigenvalue weighted by Gasteiger charge is -2.22. The lowest BCUT2D eigenvalue weighted by molar-refractivity contribution is 0.114. The van der Waals surface area contributed by atoms with Crippen LogP contribution in [-0.4, -0.2) is 20.1 Å². The van der Waals surface area contributed by atoms with Crippen molar-refractivity contribution in [1.29, 1.82) is 0 Å². The number of hydrogen-bond donors (Lipinski definition) is 1. The summed E-state index contributed by atoms with van der Waals surface area (Å²) in [6, 6.07) is 0. The minimum Gasteiger partial charge on any atom is -0.387 e. The number of aromatic nitrogens is 3. The highest BCUT2D eigenvalue weighted by atomic mass is 79.9. The SMILES string of the molecule is Cn1nnc(Br)c1C(O)CC(C)(C)C. The predicted molar refractivity (Wildman–Crippen MR) is 57.7 cm³/mol. The smallest absolute Gasteiger partial charge is 0.154 e. The lowest BCUT2D eigenvalue weighted by atomic mass is 9.88. The molecular weight excluding hydrogens is 246 g/mol. The first-order valence-electron chi connectivity index (χ1n) is 4.54. The average Bonchev–Trinajstić information content (AvgIpc) is 2.27. The van der Waals surface area contributed by atoms with Crippen LogP contribution in [0.25, 0.3) is 0 Å². The molecule has 14 heavy (non-hydrogen) atoms. The fourth-order valence-electron chi connectivity index (χ4n) is 1.37. The minimum absolute atomic E-state index is 0.0864. The van der Waals surface area contributed by atoms with Gasteiger partial charge in [0.25, 0.3) is 0 Å². The summed E-state index contributed by atoms with van der Waals surface area (Å²) in [4.78, 5) is 0. The normalized spacial score (nSPS) is 14.4. The molecule has 80 valence electrons. The van der Waals surface area contributed by atoms with Gasteiger partial charge < -0.3 is 5.11 Å². The van der Waals surface area contributed by atoms with E-state index in [1.165, 1.54) is 0 Å². The van der Waals surface area contributed by atoms with Gasteiger partial charge in [-0.15, -0.1) is 5.10 Å². The number of rotatable bonds is 2. The summed E-state index contributed by atoms with van der Waals surface area (Å²) < 4.78 is 2.22. The third-order valence-electron chi connectivity index (χ3n) is 1.95. The summed E-state index contributed by atoms with van der Waals surface area (Å²) in [5, 5.41) is 17.6. The monoisotopic (exact) mass is 261 g/mol. The van der Waals surface area contributed by atoms with Crippen molar-refractivity contribution in [2.45, 2.75) is 33.3 Å². The molecule has 0 aliphatic heterocycles. The summed E-state index contributed by atoms with van der Waals surface area (Å²) >= 11 is 3.27. The maximum absolute atomic E-state index is 9.98. The van der Waals surface area contributed by atoms with Crippen LogP contribution in [0.1, 0.15) is 39.0 Å². The molecule has 1 rings (SSSR count). The summed E-state index contributed by atoms with van der Waals surface area (Å²) in [5.74, 6) is 0. The van der Waals surface area contributed by atoms with Gasteiger partial charge in [-0.2, -0.15) is 0 Å². The molecule has 0 aliphatic carbocycles. The average molecular weight is 262 g/mol. The first-order valence-corrected chi connectivity index (χ1v) is 5.34. The zero-order valence-electron chi connectivity index (χ0n) is 8.95. The molecule has 0 aliphatic rings. The Morgan fingerprint density at radius 2 is 2.07 bits per heavy atom. The van der Waals surface area contributed by atoms with Crippen molar-refractivity contribution in [1.82, 2.24) is 15.0 Å². The van der Waals surface area contributed by atoms with E-state index in [1.807, 2.05) is 0 Å². The van der Waals surface area contributed by atoms with Crippen LogP contribution < -0.4 is 0 Å². The molecule has 1 atom stereocenters. The van der Waals surface area contributed by atoms with Gasteiger partial charge in [-0.25, -0.2) is 4.68 Å². The Balaban J connectivity index is 2.84. The van der Waals surface area contributed by atoms with E-state index in [2.05, 4.69) is 47.0 Å². The Labute approximate surface area is 92.4 Å². The van der Waals surface area contributed by atoms with E-state index in [4.69, 9.17) is 0 Å². The quantitative estimate of drug-likeness (QED) is 0.887. The van der Waals surface area contributed by atoms with Gasteiger partial charge in [0.15, 0.2) is 4.60 Å². The molecule has 0 saturated heterocycles. The third kappa shape index (κ3) is 2.78. The van der Waals surface area contributed by atoms with Crippen molar-refractivity contribution < 1.29 is 5.11 Å². The molecule has 4 nitrogen and oxygen atoms in total. The summed E-state index contributed by atoms with van der Waals surface area (Å²) in [6.07, 6.45) is 0.164. The van der Waals surface area contributed by atoms with Gasteiger partial charge in [0.2, 0.25) is 0 Å². The van der Waals surface area contributed by atoms with E-state index in [0.29, 0.717) is 11.0 Å². The molecule has 0 amide bonds. The number of aliphatic hydroxyl groups is 1. The van der Waals surface area contributed by atoms with E-state index < -0.39 is 6.10 Å². The zero-order chi connectivity index (χ0) is 10.9. The number of aryl methyl sites for hydroxylation is 1. The molecule has 0 spiro atoms. The second kappa shape index (κ2) is 3.98. The van der Waals surface area contributed by atoms with Gasteiger partial charge in [0.1, 0.15) is 5.69 Å². The predicted octanol–water partition coefficient (Wildman–Crippen LogP) is 2.05. The van der Waals surface area contributed by atoms with E-state index in [-0.39, 0.29) is 5.41 Å². The van der Waals surface area contributed by atoms with Crippen molar-refractivity contribution in [3.63, 3.8) is 0 Å². The first kappa shape index (κ1) is 11.7. The van der Waals surface area contributed by atoms with Gasteiger partial charge in [-0.05, 0) is 27.8 Å². The van der Waals surface area contributed by atoms with Crippen molar-refractivity contribution in [2.24, 2.45) is 12.5 Å².